The van der Waals surface area contributed by atoms with Crippen LogP contribution in [-0.2, 0) is 4.57 Å². The summed E-state index contributed by atoms with van der Waals surface area (Å²) >= 11 is 6.44. The van der Waals surface area contributed by atoms with Gasteiger partial charge in [0.2, 0.25) is 0 Å². The van der Waals surface area contributed by atoms with Crippen LogP contribution in [0.15, 0.2) is 0 Å². The molecule has 0 heterocycles. The van der Waals surface area contributed by atoms with Gasteiger partial charge in [0.05, 0.1) is 0 Å². The molecule has 0 aliphatic heterocycles. The van der Waals surface area contributed by atoms with Crippen molar-refractivity contribution in [2.75, 3.05) is 0 Å². The maximum Gasteiger partial charge on any atom is 0.466 e. The Morgan fingerprint density at radius 1 is 1.12 bits per heavy atom. The molecule has 0 saturated heterocycles. The molecule has 0 spiro atoms. The highest BCUT2D eigenvalue weighted by molar-refractivity contribution is 8.59. The second-order valence-corrected chi connectivity index (χ2v) is 1.54. The third-order valence-corrected chi connectivity index (χ3v) is 0. The summed E-state index contributed by atoms with van der Waals surface area (Å²) < 4.78 is 8.88. The molecule has 0 amide bonds. The molecule has 0 fully saturated rings. The molecule has 0 radical (unpaired) electrons. The summed E-state index contributed by atoms with van der Waals surface area (Å²) in [6.45, 7) is 0. The van der Waals surface area contributed by atoms with Gasteiger partial charge in [-0.3, -0.25) is 0 Å². The summed E-state index contributed by atoms with van der Waals surface area (Å²) in [5, 5.41) is 0. The fourth-order valence-electron chi connectivity index (χ4n) is 0. The van der Waals surface area contributed by atoms with Crippen LogP contribution in [0.3, 0.4) is 0 Å². The van der Waals surface area contributed by atoms with Gasteiger partial charge in [0, 0.05) is 0 Å². The van der Waals surface area contributed by atoms with Crippen LogP contribution >= 0.6 is 31.1 Å². The molecule has 8 heavy (non-hydrogen) atoms. The third-order valence-electron chi connectivity index (χ3n) is 0. The van der Waals surface area contributed by atoms with Crippen molar-refractivity contribution in [3.05, 3.63) is 0 Å². The van der Waals surface area contributed by atoms with Crippen molar-refractivity contribution >= 4 is 31.1 Å². The first-order chi connectivity index (χ1) is 3.00. The molecule has 0 aromatic carbocycles. The van der Waals surface area contributed by atoms with Gasteiger partial charge in [-0.25, -0.2) is 4.57 Å². The maximum absolute atomic E-state index is 8.88. The minimum atomic E-state index is -4.64. The van der Waals surface area contributed by atoms with Crippen molar-refractivity contribution in [3.8, 4) is 0 Å². The van der Waals surface area contributed by atoms with Crippen LogP contribution in [-0.4, -0.2) is 14.7 Å². The first-order valence-corrected chi connectivity index (χ1v) is 4.15. The van der Waals surface area contributed by atoms with Gasteiger partial charge in [-0.2, -0.15) is 0 Å². The normalized spacial score (nSPS) is 8.12. The van der Waals surface area contributed by atoms with Gasteiger partial charge in [0.25, 0.3) is 0 Å². The SMILES string of the molecule is N.O=P(O)(O)O.SS. The molecule has 5 nitrogen and oxygen atoms in total. The molecule has 0 atom stereocenters. The van der Waals surface area contributed by atoms with E-state index in [1.54, 1.807) is 0 Å². The Hall–Kier alpha value is 0.770. The molecule has 0 aromatic heterocycles. The van der Waals surface area contributed by atoms with Crippen LogP contribution < -0.4 is 6.15 Å². The predicted octanol–water partition coefficient (Wildman–Crippen LogP) is -0.00560. The Morgan fingerprint density at radius 2 is 1.12 bits per heavy atom. The molecular formula is H8NO4PS2. The van der Waals surface area contributed by atoms with Gasteiger partial charge in [-0.05, 0) is 0 Å². The van der Waals surface area contributed by atoms with Crippen LogP contribution in [0.1, 0.15) is 0 Å². The number of thiol groups is 2. The van der Waals surface area contributed by atoms with Gasteiger partial charge in [0.15, 0.2) is 0 Å². The number of hydrogen-bond acceptors (Lipinski definition) is 4. The summed E-state index contributed by atoms with van der Waals surface area (Å²) in [5.74, 6) is 0. The molecular weight excluding hydrogens is 173 g/mol. The van der Waals surface area contributed by atoms with Gasteiger partial charge in [0.1, 0.15) is 0 Å². The van der Waals surface area contributed by atoms with E-state index in [4.69, 9.17) is 19.2 Å². The number of rotatable bonds is 0. The first-order valence-electron chi connectivity index (χ1n) is 0.983. The molecule has 0 aliphatic carbocycles. The monoisotopic (exact) mass is 181 g/mol. The molecule has 0 rings (SSSR count). The van der Waals surface area contributed by atoms with Crippen LogP contribution in [0.5, 0.6) is 0 Å². The zero-order chi connectivity index (χ0) is 6.50. The highest BCUT2D eigenvalue weighted by Gasteiger charge is 2.00. The quantitative estimate of drug-likeness (QED) is 0.179. The van der Waals surface area contributed by atoms with E-state index in [1.165, 1.54) is 0 Å². The Labute approximate surface area is 57.2 Å². The van der Waals surface area contributed by atoms with Gasteiger partial charge < -0.3 is 20.8 Å². The lowest BCUT2D eigenvalue weighted by Gasteiger charge is -1.82. The fraction of sp³-hybridized carbons (Fsp3) is 0. The second kappa shape index (κ2) is 7.77. The molecule has 6 N–H and O–H groups in total. The zero-order valence-corrected chi connectivity index (χ0v) is 6.48. The standard InChI is InChI=1S/H3N.H3O4P.H2S2/c;1-5(2,3)4;1-2/h1H3;(H3,1,2,3,4);1-2H. The van der Waals surface area contributed by atoms with Crippen molar-refractivity contribution in [3.63, 3.8) is 0 Å². The van der Waals surface area contributed by atoms with Crippen LogP contribution in [0.4, 0.5) is 0 Å². The molecule has 54 valence electrons. The number of hydrogen-bond donors (Lipinski definition) is 6. The van der Waals surface area contributed by atoms with E-state index in [9.17, 15) is 0 Å². The highest BCUT2D eigenvalue weighted by Crippen LogP contribution is 2.25. The topological polar surface area (TPSA) is 113 Å². The Kier molecular flexibility index (Phi) is 15.4. The van der Waals surface area contributed by atoms with Crippen LogP contribution in [0.25, 0.3) is 0 Å². The van der Waals surface area contributed by atoms with Gasteiger partial charge >= 0.3 is 7.82 Å². The van der Waals surface area contributed by atoms with E-state index < -0.39 is 7.82 Å². The van der Waals surface area contributed by atoms with E-state index in [-0.39, 0.29) is 6.15 Å². The average Bonchev–Trinajstić information content (AvgIpc) is 1.36. The van der Waals surface area contributed by atoms with E-state index in [0.29, 0.717) is 0 Å². The Balaban J connectivity index is -0.0000000750. The zero-order valence-electron chi connectivity index (χ0n) is 3.80. The Bertz CT molecular complexity index is 60.2. The Morgan fingerprint density at radius 3 is 1.12 bits per heavy atom. The lowest BCUT2D eigenvalue weighted by molar-refractivity contribution is 0.275. The smallest absolute Gasteiger partial charge is 0.344 e. The van der Waals surface area contributed by atoms with Crippen LogP contribution in [0.2, 0.25) is 0 Å². The largest absolute Gasteiger partial charge is 0.466 e. The summed E-state index contributed by atoms with van der Waals surface area (Å²) in [6.07, 6.45) is 0. The lowest BCUT2D eigenvalue weighted by Crippen LogP contribution is -1.66. The van der Waals surface area contributed by atoms with Crippen molar-refractivity contribution < 1.29 is 19.2 Å². The van der Waals surface area contributed by atoms with Gasteiger partial charge in [-0.1, -0.05) is 0 Å². The molecule has 0 bridgehead atoms. The van der Waals surface area contributed by atoms with E-state index in [1.807, 2.05) is 0 Å². The van der Waals surface area contributed by atoms with Crippen molar-refractivity contribution in [1.29, 1.82) is 0 Å². The van der Waals surface area contributed by atoms with E-state index in [2.05, 4.69) is 23.3 Å². The van der Waals surface area contributed by atoms with E-state index in [0.717, 1.165) is 0 Å². The maximum atomic E-state index is 8.88. The number of phosphoric acid groups is 1. The lowest BCUT2D eigenvalue weighted by atomic mass is 14.0. The van der Waals surface area contributed by atoms with Gasteiger partial charge in [-0.15, -0.1) is 23.3 Å². The summed E-state index contributed by atoms with van der Waals surface area (Å²) in [4.78, 5) is 21.6. The molecule has 0 aliphatic rings. The van der Waals surface area contributed by atoms with Crippen molar-refractivity contribution in [1.82, 2.24) is 6.15 Å². The summed E-state index contributed by atoms with van der Waals surface area (Å²) in [5.41, 5.74) is 0. The average molecular weight is 181 g/mol. The predicted molar refractivity (Wildman–Crippen MR) is 37.3 cm³/mol. The molecule has 8 heteroatoms. The summed E-state index contributed by atoms with van der Waals surface area (Å²) in [7, 11) is -4.64. The second-order valence-electron chi connectivity index (χ2n) is 0.513. The summed E-state index contributed by atoms with van der Waals surface area (Å²) in [6, 6.07) is 0. The molecule has 0 aromatic rings. The van der Waals surface area contributed by atoms with Crippen LogP contribution in [0, 0.1) is 0 Å². The molecule has 0 saturated carbocycles. The minimum Gasteiger partial charge on any atom is -0.344 e. The van der Waals surface area contributed by atoms with Crippen molar-refractivity contribution in [2.45, 2.75) is 0 Å². The third kappa shape index (κ3) is 380. The minimum absolute atomic E-state index is 0. The van der Waals surface area contributed by atoms with E-state index >= 15 is 0 Å². The van der Waals surface area contributed by atoms with Crippen molar-refractivity contribution in [2.24, 2.45) is 0 Å². The molecule has 0 unspecified atom stereocenters. The fourth-order valence-corrected chi connectivity index (χ4v) is 0. The highest BCUT2D eigenvalue weighted by atomic mass is 33.1. The first kappa shape index (κ1) is 15.9.